The zero-order valence-corrected chi connectivity index (χ0v) is 32.4. The Kier molecular flexibility index (Phi) is 7.76. The van der Waals surface area contributed by atoms with Crippen LogP contribution in [0.25, 0.3) is 38.8 Å². The molecular formula is C48H38N4Pt. The van der Waals surface area contributed by atoms with Gasteiger partial charge in [-0.2, -0.15) is 36.4 Å². The first-order valence-corrected chi connectivity index (χ1v) is 18.1. The van der Waals surface area contributed by atoms with Crippen molar-refractivity contribution in [2.75, 3.05) is 23.5 Å². The summed E-state index contributed by atoms with van der Waals surface area (Å²) in [6, 6.07) is 58.8. The van der Waals surface area contributed by atoms with Crippen LogP contribution in [-0.4, -0.2) is 23.3 Å². The SMILES string of the molecule is CN1CN(c2[c-]c(C3(c4[c-]c5c(cc4)c4ccccc4n5-c4cc(C(C)(C)C)ccn4)c4ccccc4-c4ccccc43)ccc2)c2ccccc21.[Pt+2]. The average Bonchev–Trinajstić information content (AvgIpc) is 3.80. The molecule has 0 amide bonds. The molecule has 0 radical (unpaired) electrons. The van der Waals surface area contributed by atoms with Gasteiger partial charge in [-0.25, -0.2) is 4.98 Å². The minimum absolute atomic E-state index is 0. The van der Waals surface area contributed by atoms with Crippen molar-refractivity contribution in [2.45, 2.75) is 31.6 Å². The van der Waals surface area contributed by atoms with Gasteiger partial charge in [-0.1, -0.05) is 111 Å². The molecule has 0 N–H and O–H groups in total. The van der Waals surface area contributed by atoms with Crippen LogP contribution < -0.4 is 9.80 Å². The Morgan fingerprint density at radius 1 is 0.642 bits per heavy atom. The third kappa shape index (κ3) is 4.89. The van der Waals surface area contributed by atoms with E-state index in [1.54, 1.807) is 0 Å². The largest absolute Gasteiger partial charge is 2.00 e. The van der Waals surface area contributed by atoms with Crippen LogP contribution in [0.15, 0.2) is 146 Å². The number of hydrogen-bond donors (Lipinski definition) is 0. The molecule has 0 saturated heterocycles. The smallest absolute Gasteiger partial charge is 0.355 e. The molecule has 0 fully saturated rings. The van der Waals surface area contributed by atoms with E-state index in [1.165, 1.54) is 44.6 Å². The van der Waals surface area contributed by atoms with Crippen molar-refractivity contribution < 1.29 is 21.1 Å². The van der Waals surface area contributed by atoms with Gasteiger partial charge in [0.1, 0.15) is 5.82 Å². The molecule has 0 saturated carbocycles. The fourth-order valence-corrected chi connectivity index (χ4v) is 8.74. The van der Waals surface area contributed by atoms with E-state index in [0.717, 1.165) is 45.7 Å². The summed E-state index contributed by atoms with van der Waals surface area (Å²) in [4.78, 5) is 9.65. The first kappa shape index (κ1) is 33.4. The number of anilines is 3. The Morgan fingerprint density at radius 2 is 1.30 bits per heavy atom. The van der Waals surface area contributed by atoms with Crippen molar-refractivity contribution >= 4 is 38.9 Å². The zero-order valence-electron chi connectivity index (χ0n) is 30.2. The van der Waals surface area contributed by atoms with Crippen LogP contribution in [0, 0.1) is 12.1 Å². The Morgan fingerprint density at radius 3 is 2.06 bits per heavy atom. The molecule has 6 aromatic carbocycles. The van der Waals surface area contributed by atoms with E-state index in [9.17, 15) is 0 Å². The second kappa shape index (κ2) is 12.3. The molecule has 5 heteroatoms. The second-order valence-electron chi connectivity index (χ2n) is 15.2. The molecule has 8 aromatic rings. The van der Waals surface area contributed by atoms with Gasteiger partial charge in [-0.3, -0.25) is 0 Å². The van der Waals surface area contributed by atoms with Gasteiger partial charge in [0, 0.05) is 24.2 Å². The van der Waals surface area contributed by atoms with E-state index in [0.29, 0.717) is 0 Å². The quantitative estimate of drug-likeness (QED) is 0.165. The van der Waals surface area contributed by atoms with Crippen molar-refractivity contribution in [3.05, 3.63) is 186 Å². The molecule has 0 bridgehead atoms. The van der Waals surface area contributed by atoms with Gasteiger partial charge in [0.05, 0.1) is 18.0 Å². The van der Waals surface area contributed by atoms with Crippen LogP contribution in [0.3, 0.4) is 0 Å². The maximum absolute atomic E-state index is 4.98. The third-order valence-electron chi connectivity index (χ3n) is 11.2. The summed E-state index contributed by atoms with van der Waals surface area (Å²) in [6.45, 7) is 7.53. The third-order valence-corrected chi connectivity index (χ3v) is 11.2. The van der Waals surface area contributed by atoms with Crippen molar-refractivity contribution in [3.8, 4) is 16.9 Å². The standard InChI is InChI=1S/C48H38N4.Pt/c1-47(2,3)32-26-27-49-46(30-32)52-42-21-10-7-18-38(42)39-25-24-34(29-45(39)52)48(40-19-8-5-16-36(40)37-17-6-9-20-41(37)48)33-14-13-15-35(28-33)51-31-50(4)43-22-11-12-23-44(43)51;/h5-27,30H,31H2,1-4H3;/q-2;+2. The van der Waals surface area contributed by atoms with Gasteiger partial charge in [0.25, 0.3) is 0 Å². The minimum atomic E-state index is -0.662. The molecule has 4 nitrogen and oxygen atoms in total. The van der Waals surface area contributed by atoms with Crippen LogP contribution in [0.5, 0.6) is 0 Å². The predicted molar refractivity (Wildman–Crippen MR) is 214 cm³/mol. The van der Waals surface area contributed by atoms with E-state index >= 15 is 0 Å². The molecule has 260 valence electrons. The van der Waals surface area contributed by atoms with E-state index in [2.05, 4.69) is 194 Å². The van der Waals surface area contributed by atoms with Gasteiger partial charge in [0.15, 0.2) is 0 Å². The molecule has 0 spiro atoms. The maximum Gasteiger partial charge on any atom is 2.00 e. The van der Waals surface area contributed by atoms with Gasteiger partial charge in [-0.05, 0) is 69.0 Å². The van der Waals surface area contributed by atoms with Crippen molar-refractivity contribution in [2.24, 2.45) is 0 Å². The maximum atomic E-state index is 4.98. The Balaban J connectivity index is 0.00000372. The fraction of sp³-hybridized carbons (Fsp3) is 0.146. The summed E-state index contributed by atoms with van der Waals surface area (Å²) >= 11 is 0. The van der Waals surface area contributed by atoms with Crippen LogP contribution in [-0.2, 0) is 31.9 Å². The number of aromatic nitrogens is 2. The summed E-state index contributed by atoms with van der Waals surface area (Å²) < 4.78 is 2.31. The first-order valence-electron chi connectivity index (χ1n) is 18.1. The molecule has 0 unspecified atom stereocenters. The van der Waals surface area contributed by atoms with Gasteiger partial charge >= 0.3 is 21.1 Å². The van der Waals surface area contributed by atoms with E-state index in [4.69, 9.17) is 4.98 Å². The molecular weight excluding hydrogens is 828 g/mol. The summed E-state index contributed by atoms with van der Waals surface area (Å²) in [7, 11) is 2.16. The normalized spacial score (nSPS) is 14.3. The number of pyridine rings is 1. The van der Waals surface area contributed by atoms with Gasteiger partial charge < -0.3 is 14.4 Å². The minimum Gasteiger partial charge on any atom is -0.355 e. The molecule has 2 aromatic heterocycles. The first-order chi connectivity index (χ1) is 25.3. The molecule has 2 aliphatic rings. The number of benzene rings is 6. The van der Waals surface area contributed by atoms with Crippen LogP contribution in [0.2, 0.25) is 0 Å². The van der Waals surface area contributed by atoms with Gasteiger partial charge in [0.2, 0.25) is 0 Å². The van der Waals surface area contributed by atoms with E-state index in [1.807, 2.05) is 6.20 Å². The van der Waals surface area contributed by atoms with Crippen LogP contribution in [0.4, 0.5) is 17.1 Å². The monoisotopic (exact) mass is 865 g/mol. The number of para-hydroxylation sites is 3. The molecule has 3 heterocycles. The second-order valence-corrected chi connectivity index (χ2v) is 15.2. The van der Waals surface area contributed by atoms with Gasteiger partial charge in [-0.15, -0.1) is 22.6 Å². The molecule has 0 atom stereocenters. The summed E-state index contributed by atoms with van der Waals surface area (Å²) in [5.41, 5.74) is 13.3. The van der Waals surface area contributed by atoms with Crippen LogP contribution >= 0.6 is 0 Å². The Hall–Kier alpha value is -5.44. The van der Waals surface area contributed by atoms with Crippen molar-refractivity contribution in [3.63, 3.8) is 0 Å². The predicted octanol–water partition coefficient (Wildman–Crippen LogP) is 11.0. The summed E-state index contributed by atoms with van der Waals surface area (Å²) in [5, 5.41) is 2.35. The Bertz CT molecular complexity index is 2650. The Labute approximate surface area is 325 Å². The van der Waals surface area contributed by atoms with Crippen molar-refractivity contribution in [1.82, 2.24) is 9.55 Å². The fourth-order valence-electron chi connectivity index (χ4n) is 8.74. The number of hydrogen-bond acceptors (Lipinski definition) is 3. The summed E-state index contributed by atoms with van der Waals surface area (Å²) in [5.74, 6) is 0.902. The number of fused-ring (bicyclic) bond motifs is 7. The average molecular weight is 866 g/mol. The van der Waals surface area contributed by atoms with Crippen LogP contribution in [0.1, 0.15) is 48.6 Å². The summed E-state index contributed by atoms with van der Waals surface area (Å²) in [6.07, 6.45) is 1.94. The molecule has 1 aliphatic heterocycles. The topological polar surface area (TPSA) is 24.3 Å². The van der Waals surface area contributed by atoms with E-state index < -0.39 is 5.41 Å². The molecule has 1 aliphatic carbocycles. The molecule has 10 rings (SSSR count). The zero-order chi connectivity index (χ0) is 35.2. The molecule has 53 heavy (non-hydrogen) atoms. The number of rotatable bonds is 4. The van der Waals surface area contributed by atoms with E-state index in [-0.39, 0.29) is 26.5 Å². The number of nitrogens with zero attached hydrogens (tertiary/aromatic N) is 4. The van der Waals surface area contributed by atoms with Crippen molar-refractivity contribution in [1.29, 1.82) is 0 Å².